The molecule has 2 heteroatoms. The number of ether oxygens (including phenoxy) is 1. The van der Waals surface area contributed by atoms with Crippen LogP contribution in [0.4, 0.5) is 0 Å². The van der Waals surface area contributed by atoms with Crippen LogP contribution in [0.2, 0.25) is 0 Å². The van der Waals surface area contributed by atoms with Crippen LogP contribution in [-0.4, -0.2) is 23.9 Å². The topological polar surface area (TPSA) is 29.5 Å². The number of hydrogen-bond donors (Lipinski definition) is 1. The SMILES string of the molecule is C=CCC(C)(O)COC/C=C/C. The van der Waals surface area contributed by atoms with Crippen LogP contribution in [0, 0.1) is 0 Å². The van der Waals surface area contributed by atoms with Crippen LogP contribution in [0.5, 0.6) is 0 Å². The van der Waals surface area contributed by atoms with Crippen molar-refractivity contribution in [2.45, 2.75) is 25.9 Å². The molecule has 2 nitrogen and oxygen atoms in total. The third-order valence-corrected chi connectivity index (χ3v) is 1.45. The van der Waals surface area contributed by atoms with Gasteiger partial charge in [-0.25, -0.2) is 0 Å². The lowest BCUT2D eigenvalue weighted by Gasteiger charge is -2.20. The van der Waals surface area contributed by atoms with Crippen molar-refractivity contribution < 1.29 is 9.84 Å². The van der Waals surface area contributed by atoms with Gasteiger partial charge in [-0.15, -0.1) is 6.58 Å². The Morgan fingerprint density at radius 1 is 1.58 bits per heavy atom. The summed E-state index contributed by atoms with van der Waals surface area (Å²) in [7, 11) is 0. The molecule has 0 aliphatic heterocycles. The summed E-state index contributed by atoms with van der Waals surface area (Å²) >= 11 is 0. The van der Waals surface area contributed by atoms with E-state index in [1.807, 2.05) is 19.1 Å². The Bertz CT molecular complexity index is 148. The summed E-state index contributed by atoms with van der Waals surface area (Å²) in [5, 5.41) is 9.59. The van der Waals surface area contributed by atoms with Gasteiger partial charge < -0.3 is 9.84 Å². The Morgan fingerprint density at radius 2 is 2.25 bits per heavy atom. The lowest BCUT2D eigenvalue weighted by atomic mass is 10.0. The number of rotatable bonds is 6. The van der Waals surface area contributed by atoms with Crippen molar-refractivity contribution >= 4 is 0 Å². The second-order valence-corrected chi connectivity index (χ2v) is 3.07. The second kappa shape index (κ2) is 5.98. The molecule has 0 bridgehead atoms. The fourth-order valence-corrected chi connectivity index (χ4v) is 0.813. The van der Waals surface area contributed by atoms with Crippen LogP contribution in [-0.2, 0) is 4.74 Å². The monoisotopic (exact) mass is 170 g/mol. The van der Waals surface area contributed by atoms with Crippen molar-refractivity contribution in [3.63, 3.8) is 0 Å². The lowest BCUT2D eigenvalue weighted by molar-refractivity contribution is -0.0237. The zero-order valence-corrected chi connectivity index (χ0v) is 7.92. The maximum Gasteiger partial charge on any atom is 0.0886 e. The van der Waals surface area contributed by atoms with Gasteiger partial charge in [-0.1, -0.05) is 18.2 Å². The number of allylic oxidation sites excluding steroid dienone is 1. The first-order valence-corrected chi connectivity index (χ1v) is 4.14. The smallest absolute Gasteiger partial charge is 0.0886 e. The largest absolute Gasteiger partial charge is 0.387 e. The van der Waals surface area contributed by atoms with Gasteiger partial charge in [0, 0.05) is 0 Å². The van der Waals surface area contributed by atoms with E-state index in [1.165, 1.54) is 0 Å². The van der Waals surface area contributed by atoms with Crippen molar-refractivity contribution in [2.75, 3.05) is 13.2 Å². The molecule has 0 heterocycles. The molecular formula is C10H18O2. The third kappa shape index (κ3) is 6.13. The van der Waals surface area contributed by atoms with E-state index < -0.39 is 5.60 Å². The molecule has 0 aliphatic carbocycles. The second-order valence-electron chi connectivity index (χ2n) is 3.07. The molecule has 0 radical (unpaired) electrons. The van der Waals surface area contributed by atoms with Gasteiger partial charge >= 0.3 is 0 Å². The van der Waals surface area contributed by atoms with Gasteiger partial charge in [-0.05, 0) is 20.3 Å². The fourth-order valence-electron chi connectivity index (χ4n) is 0.813. The average Bonchev–Trinajstić information content (AvgIpc) is 1.98. The minimum Gasteiger partial charge on any atom is -0.387 e. The zero-order chi connectivity index (χ0) is 9.45. The molecular weight excluding hydrogens is 152 g/mol. The first-order valence-electron chi connectivity index (χ1n) is 4.14. The summed E-state index contributed by atoms with van der Waals surface area (Å²) in [5.41, 5.74) is -0.774. The summed E-state index contributed by atoms with van der Waals surface area (Å²) in [6.07, 6.45) is 6.08. The average molecular weight is 170 g/mol. The molecule has 0 aliphatic rings. The zero-order valence-electron chi connectivity index (χ0n) is 7.92. The van der Waals surface area contributed by atoms with Crippen LogP contribution in [0.3, 0.4) is 0 Å². The van der Waals surface area contributed by atoms with Crippen molar-refractivity contribution in [3.8, 4) is 0 Å². The molecule has 1 unspecified atom stereocenters. The normalized spacial score (nSPS) is 16.2. The van der Waals surface area contributed by atoms with E-state index in [1.54, 1.807) is 13.0 Å². The predicted octanol–water partition coefficient (Wildman–Crippen LogP) is 1.91. The molecule has 0 rings (SSSR count). The van der Waals surface area contributed by atoms with Crippen LogP contribution in [0.15, 0.2) is 24.8 Å². The first-order chi connectivity index (χ1) is 5.62. The highest BCUT2D eigenvalue weighted by Crippen LogP contribution is 2.09. The summed E-state index contributed by atoms with van der Waals surface area (Å²) in [6, 6.07) is 0. The third-order valence-electron chi connectivity index (χ3n) is 1.45. The Kier molecular flexibility index (Phi) is 5.68. The van der Waals surface area contributed by atoms with E-state index in [0.29, 0.717) is 19.6 Å². The quantitative estimate of drug-likeness (QED) is 0.487. The molecule has 0 aromatic carbocycles. The van der Waals surface area contributed by atoms with Crippen LogP contribution in [0.1, 0.15) is 20.3 Å². The van der Waals surface area contributed by atoms with Crippen molar-refractivity contribution in [3.05, 3.63) is 24.8 Å². The van der Waals surface area contributed by atoms with E-state index in [-0.39, 0.29) is 0 Å². The molecule has 0 saturated carbocycles. The molecule has 0 saturated heterocycles. The van der Waals surface area contributed by atoms with Crippen LogP contribution >= 0.6 is 0 Å². The van der Waals surface area contributed by atoms with Crippen LogP contribution in [0.25, 0.3) is 0 Å². The molecule has 0 aromatic heterocycles. The van der Waals surface area contributed by atoms with Gasteiger partial charge in [-0.2, -0.15) is 0 Å². The lowest BCUT2D eigenvalue weighted by Crippen LogP contribution is -2.29. The fraction of sp³-hybridized carbons (Fsp3) is 0.600. The molecule has 0 amide bonds. The summed E-state index contributed by atoms with van der Waals surface area (Å²) < 4.78 is 5.21. The number of aliphatic hydroxyl groups is 1. The minimum atomic E-state index is -0.774. The summed E-state index contributed by atoms with van der Waals surface area (Å²) in [5.74, 6) is 0. The van der Waals surface area contributed by atoms with E-state index in [4.69, 9.17) is 4.74 Å². The standard InChI is InChI=1S/C10H18O2/c1-4-6-8-12-9-10(3,11)7-5-2/h4-6,11H,2,7-9H2,1,3H3/b6-4+. The first kappa shape index (κ1) is 11.4. The van der Waals surface area contributed by atoms with Gasteiger partial charge in [0.05, 0.1) is 18.8 Å². The minimum absolute atomic E-state index is 0.351. The molecule has 1 atom stereocenters. The summed E-state index contributed by atoms with van der Waals surface area (Å²) in [4.78, 5) is 0. The molecule has 0 spiro atoms. The van der Waals surface area contributed by atoms with E-state index in [0.717, 1.165) is 0 Å². The maximum absolute atomic E-state index is 9.59. The highest BCUT2D eigenvalue weighted by atomic mass is 16.5. The van der Waals surface area contributed by atoms with Gasteiger partial charge in [0.1, 0.15) is 0 Å². The highest BCUT2D eigenvalue weighted by molar-refractivity contribution is 4.83. The van der Waals surface area contributed by atoms with E-state index in [2.05, 4.69) is 6.58 Å². The van der Waals surface area contributed by atoms with Crippen molar-refractivity contribution in [1.29, 1.82) is 0 Å². The molecule has 1 N–H and O–H groups in total. The highest BCUT2D eigenvalue weighted by Gasteiger charge is 2.17. The molecule has 12 heavy (non-hydrogen) atoms. The van der Waals surface area contributed by atoms with Crippen LogP contribution < -0.4 is 0 Å². The van der Waals surface area contributed by atoms with Gasteiger partial charge in [0.2, 0.25) is 0 Å². The van der Waals surface area contributed by atoms with E-state index >= 15 is 0 Å². The van der Waals surface area contributed by atoms with Gasteiger partial charge in [-0.3, -0.25) is 0 Å². The van der Waals surface area contributed by atoms with E-state index in [9.17, 15) is 5.11 Å². The molecule has 0 aromatic rings. The Hall–Kier alpha value is -0.600. The predicted molar refractivity (Wildman–Crippen MR) is 51.1 cm³/mol. The Morgan fingerprint density at radius 3 is 2.75 bits per heavy atom. The number of hydrogen-bond acceptors (Lipinski definition) is 2. The van der Waals surface area contributed by atoms with Crippen molar-refractivity contribution in [2.24, 2.45) is 0 Å². The van der Waals surface area contributed by atoms with Gasteiger partial charge in [0.25, 0.3) is 0 Å². The molecule has 70 valence electrons. The summed E-state index contributed by atoms with van der Waals surface area (Å²) in [6.45, 7) is 8.15. The Balaban J connectivity index is 3.52. The molecule has 0 fully saturated rings. The Labute approximate surface area is 74.6 Å². The van der Waals surface area contributed by atoms with Crippen molar-refractivity contribution in [1.82, 2.24) is 0 Å². The van der Waals surface area contributed by atoms with Gasteiger partial charge in [0.15, 0.2) is 0 Å². The maximum atomic E-state index is 9.59.